The molecule has 4 N–H and O–H groups in total. The quantitative estimate of drug-likeness (QED) is 0.157. The van der Waals surface area contributed by atoms with E-state index in [1.54, 1.807) is 6.07 Å². The maximum atomic E-state index is 13.1. The van der Waals surface area contributed by atoms with Crippen LogP contribution in [0.3, 0.4) is 0 Å². The first-order chi connectivity index (χ1) is 20.0. The summed E-state index contributed by atoms with van der Waals surface area (Å²) < 4.78 is 19.0. The molecule has 0 unspecified atom stereocenters. The molecule has 4 aromatic rings. The van der Waals surface area contributed by atoms with Crippen molar-refractivity contribution in [1.29, 1.82) is 0 Å². The van der Waals surface area contributed by atoms with Crippen molar-refractivity contribution in [3.8, 4) is 5.75 Å². The van der Waals surface area contributed by atoms with Gasteiger partial charge in [0.1, 0.15) is 23.2 Å². The van der Waals surface area contributed by atoms with Gasteiger partial charge in [0.2, 0.25) is 5.95 Å². The predicted octanol–water partition coefficient (Wildman–Crippen LogP) is 6.74. The molecule has 0 atom stereocenters. The van der Waals surface area contributed by atoms with E-state index in [9.17, 15) is 9.18 Å². The fourth-order valence-electron chi connectivity index (χ4n) is 4.41. The molecule has 0 bridgehead atoms. The molecule has 1 aliphatic rings. The van der Waals surface area contributed by atoms with E-state index in [1.807, 2.05) is 42.5 Å². The molecular weight excluding hydrogens is 545 g/mol. The highest BCUT2D eigenvalue weighted by Gasteiger charge is 2.12. The van der Waals surface area contributed by atoms with Crippen LogP contribution in [0.5, 0.6) is 5.75 Å². The van der Waals surface area contributed by atoms with Crippen molar-refractivity contribution >= 4 is 46.5 Å². The first-order valence-electron chi connectivity index (χ1n) is 13.4. The van der Waals surface area contributed by atoms with Gasteiger partial charge in [-0.1, -0.05) is 29.8 Å². The Bertz CT molecular complexity index is 1450. The van der Waals surface area contributed by atoms with Gasteiger partial charge in [-0.05, 0) is 86.1 Å². The lowest BCUT2D eigenvalue weighted by Crippen LogP contribution is -2.25. The van der Waals surface area contributed by atoms with Crippen molar-refractivity contribution in [2.45, 2.75) is 19.4 Å². The smallest absolute Gasteiger partial charge is 0.323 e. The van der Waals surface area contributed by atoms with Crippen molar-refractivity contribution in [3.63, 3.8) is 0 Å². The van der Waals surface area contributed by atoms with E-state index in [0.717, 1.165) is 36.6 Å². The van der Waals surface area contributed by atoms with Gasteiger partial charge in [0.05, 0.1) is 6.20 Å². The molecule has 0 aliphatic carbocycles. The minimum absolute atomic E-state index is 0.340. The molecule has 1 saturated heterocycles. The Labute approximate surface area is 243 Å². The highest BCUT2D eigenvalue weighted by Crippen LogP contribution is 2.25. The molecule has 41 heavy (non-hydrogen) atoms. The Balaban J connectivity index is 1.15. The normalized spacial score (nSPS) is 13.0. The molecule has 9 nitrogen and oxygen atoms in total. The van der Waals surface area contributed by atoms with Gasteiger partial charge in [0.15, 0.2) is 5.82 Å². The Hall–Kier alpha value is -4.41. The highest BCUT2D eigenvalue weighted by molar-refractivity contribution is 6.32. The lowest BCUT2D eigenvalue weighted by Gasteiger charge is -2.15. The topological polar surface area (TPSA) is 103 Å². The molecule has 0 spiro atoms. The summed E-state index contributed by atoms with van der Waals surface area (Å²) in [6.07, 6.45) is 4.07. The Morgan fingerprint density at radius 2 is 1.68 bits per heavy atom. The fraction of sp³-hybridized carbons (Fsp3) is 0.233. The van der Waals surface area contributed by atoms with Crippen molar-refractivity contribution < 1.29 is 13.9 Å². The maximum Gasteiger partial charge on any atom is 0.323 e. The minimum Gasteiger partial charge on any atom is -0.492 e. The van der Waals surface area contributed by atoms with Crippen LogP contribution in [0.1, 0.15) is 18.4 Å². The Morgan fingerprint density at radius 1 is 0.951 bits per heavy atom. The molecule has 5 rings (SSSR count). The first kappa shape index (κ1) is 28.1. The van der Waals surface area contributed by atoms with Crippen LogP contribution in [-0.4, -0.2) is 47.1 Å². The lowest BCUT2D eigenvalue weighted by molar-refractivity contribution is 0.238. The summed E-state index contributed by atoms with van der Waals surface area (Å²) in [7, 11) is 0. The zero-order valence-corrected chi connectivity index (χ0v) is 23.1. The van der Waals surface area contributed by atoms with Crippen LogP contribution >= 0.6 is 11.6 Å². The molecule has 1 aliphatic heterocycles. The number of likely N-dealkylation sites (tertiary alicyclic amines) is 1. The largest absolute Gasteiger partial charge is 0.492 e. The van der Waals surface area contributed by atoms with Gasteiger partial charge in [-0.3, -0.25) is 4.90 Å². The lowest BCUT2D eigenvalue weighted by atomic mass is 10.1. The van der Waals surface area contributed by atoms with Crippen molar-refractivity contribution in [1.82, 2.24) is 14.9 Å². The number of para-hydroxylation sites is 1. The summed E-state index contributed by atoms with van der Waals surface area (Å²) in [4.78, 5) is 23.7. The molecular formula is C30H31ClFN7O2. The maximum absolute atomic E-state index is 13.1. The Kier molecular flexibility index (Phi) is 9.45. The van der Waals surface area contributed by atoms with E-state index in [0.29, 0.717) is 41.3 Å². The van der Waals surface area contributed by atoms with Gasteiger partial charge in [0.25, 0.3) is 0 Å². The standard InChI is InChI=1S/C30H31ClFN7O2/c31-26-20-34-29(35-23-11-13-25(14-12-23)41-18-17-39-15-3-4-16-39)38-28(26)33-19-21-5-1-2-6-27(21)37-30(40)36-24-9-7-22(32)8-10-24/h1-2,5-14,20H,3-4,15-19H2,(H2,36,37,40)(H2,33,34,35,38). The van der Waals surface area contributed by atoms with Gasteiger partial charge >= 0.3 is 6.03 Å². The molecule has 11 heteroatoms. The third-order valence-corrected chi connectivity index (χ3v) is 6.82. The average molecular weight is 576 g/mol. The molecule has 2 amide bonds. The number of nitrogens with one attached hydrogen (secondary N) is 4. The number of nitrogens with zero attached hydrogens (tertiary/aromatic N) is 3. The number of hydrogen-bond donors (Lipinski definition) is 4. The van der Waals surface area contributed by atoms with E-state index in [2.05, 4.69) is 36.1 Å². The van der Waals surface area contributed by atoms with Crippen LogP contribution < -0.4 is 26.0 Å². The van der Waals surface area contributed by atoms with Gasteiger partial charge in [0, 0.05) is 30.2 Å². The molecule has 2 heterocycles. The number of carbonyl (C=O) groups excluding carboxylic acids is 1. The average Bonchev–Trinajstić information content (AvgIpc) is 3.50. The molecule has 212 valence electrons. The zero-order valence-electron chi connectivity index (χ0n) is 22.4. The van der Waals surface area contributed by atoms with Crippen LogP contribution in [0.4, 0.5) is 38.0 Å². The summed E-state index contributed by atoms with van der Waals surface area (Å²) >= 11 is 6.37. The number of hydrogen-bond acceptors (Lipinski definition) is 7. The third-order valence-electron chi connectivity index (χ3n) is 6.54. The molecule has 0 saturated carbocycles. The van der Waals surface area contributed by atoms with Crippen LogP contribution in [0.15, 0.2) is 79.0 Å². The second-order valence-electron chi connectivity index (χ2n) is 9.53. The summed E-state index contributed by atoms with van der Waals surface area (Å²) in [6, 6.07) is 20.1. The molecule has 1 aromatic heterocycles. The SMILES string of the molecule is O=C(Nc1ccc(F)cc1)Nc1ccccc1CNc1nc(Nc2ccc(OCCN3CCCC3)cc2)ncc1Cl. The van der Waals surface area contributed by atoms with Gasteiger partial charge in [-0.15, -0.1) is 0 Å². The van der Waals surface area contributed by atoms with Gasteiger partial charge in [-0.25, -0.2) is 14.2 Å². The first-order valence-corrected chi connectivity index (χ1v) is 13.8. The number of benzene rings is 3. The monoisotopic (exact) mass is 575 g/mol. The Morgan fingerprint density at radius 3 is 2.46 bits per heavy atom. The number of rotatable bonds is 11. The number of carbonyl (C=O) groups is 1. The summed E-state index contributed by atoms with van der Waals surface area (Å²) in [5.74, 6) is 1.26. The predicted molar refractivity (Wildman–Crippen MR) is 161 cm³/mol. The van der Waals surface area contributed by atoms with Crippen LogP contribution in [0.25, 0.3) is 0 Å². The van der Waals surface area contributed by atoms with Crippen LogP contribution in [0.2, 0.25) is 5.02 Å². The second-order valence-corrected chi connectivity index (χ2v) is 9.94. The zero-order chi connectivity index (χ0) is 28.4. The summed E-state index contributed by atoms with van der Waals surface area (Å²) in [5.41, 5.74) is 2.70. The number of urea groups is 1. The molecule has 1 fully saturated rings. The number of amides is 2. The third kappa shape index (κ3) is 8.29. The van der Waals surface area contributed by atoms with Gasteiger partial charge < -0.3 is 26.0 Å². The number of anilines is 5. The van der Waals surface area contributed by atoms with E-state index < -0.39 is 6.03 Å². The van der Waals surface area contributed by atoms with Crippen molar-refractivity contribution in [3.05, 3.63) is 95.4 Å². The van der Waals surface area contributed by atoms with E-state index in [4.69, 9.17) is 16.3 Å². The van der Waals surface area contributed by atoms with Crippen molar-refractivity contribution in [2.24, 2.45) is 0 Å². The second kappa shape index (κ2) is 13.8. The number of ether oxygens (including phenoxy) is 1. The van der Waals surface area contributed by atoms with E-state index in [-0.39, 0.29) is 5.82 Å². The fourth-order valence-corrected chi connectivity index (χ4v) is 4.56. The summed E-state index contributed by atoms with van der Waals surface area (Å²) in [5, 5.41) is 12.3. The number of halogens is 2. The molecule has 3 aromatic carbocycles. The molecule has 0 radical (unpaired) electrons. The van der Waals surface area contributed by atoms with E-state index >= 15 is 0 Å². The highest BCUT2D eigenvalue weighted by atomic mass is 35.5. The van der Waals surface area contributed by atoms with Crippen LogP contribution in [-0.2, 0) is 6.54 Å². The summed E-state index contributed by atoms with van der Waals surface area (Å²) in [6.45, 7) is 4.26. The minimum atomic E-state index is -0.446. The van der Waals surface area contributed by atoms with Crippen molar-refractivity contribution in [2.75, 3.05) is 47.5 Å². The van der Waals surface area contributed by atoms with E-state index in [1.165, 1.54) is 43.3 Å². The van der Waals surface area contributed by atoms with Crippen LogP contribution in [0, 0.1) is 5.82 Å². The van der Waals surface area contributed by atoms with Gasteiger partial charge in [-0.2, -0.15) is 4.98 Å². The number of aromatic nitrogens is 2.